The molecule has 5 heteroatoms. The number of carbonyl (C=O) groups is 2. The summed E-state index contributed by atoms with van der Waals surface area (Å²) >= 11 is 0. The van der Waals surface area contributed by atoms with Crippen LogP contribution in [0.4, 0.5) is 4.79 Å². The molecule has 0 saturated heterocycles. The molecule has 0 heterocycles. The molecule has 0 aromatic heterocycles. The third-order valence-corrected chi connectivity index (χ3v) is 1.61. The highest BCUT2D eigenvalue weighted by Crippen LogP contribution is 2.17. The topological polar surface area (TPSA) is 78.6 Å². The van der Waals surface area contributed by atoms with E-state index in [0.29, 0.717) is 0 Å². The maximum absolute atomic E-state index is 11.0. The van der Waals surface area contributed by atoms with Crippen molar-refractivity contribution >= 4 is 12.1 Å². The molecule has 0 bridgehead atoms. The van der Waals surface area contributed by atoms with E-state index in [4.69, 9.17) is 10.5 Å². The van der Waals surface area contributed by atoms with Crippen LogP contribution >= 0.6 is 0 Å². The van der Waals surface area contributed by atoms with Gasteiger partial charge in [-0.15, -0.1) is 0 Å². The van der Waals surface area contributed by atoms with Crippen molar-refractivity contribution in [2.45, 2.75) is 6.92 Å². The number of hydrogen-bond donors (Lipinski definition) is 1. The van der Waals surface area contributed by atoms with Gasteiger partial charge in [0.25, 0.3) is 5.91 Å². The number of benzene rings is 1. The Hall–Kier alpha value is -2.04. The lowest BCUT2D eigenvalue weighted by atomic mass is 10.2. The Balaban J connectivity index is 2.84. The fraction of sp³-hybridized carbons (Fsp3) is 0.200. The molecule has 1 rings (SSSR count). The summed E-state index contributed by atoms with van der Waals surface area (Å²) in [5, 5.41) is 0. The third kappa shape index (κ3) is 2.98. The zero-order valence-corrected chi connectivity index (χ0v) is 8.23. The molecule has 0 aliphatic heterocycles. The second-order valence-corrected chi connectivity index (χ2v) is 2.65. The van der Waals surface area contributed by atoms with E-state index in [1.54, 1.807) is 19.1 Å². The highest BCUT2D eigenvalue weighted by molar-refractivity contribution is 5.96. The Bertz CT molecular complexity index is 375. The maximum atomic E-state index is 11.0. The third-order valence-electron chi connectivity index (χ3n) is 1.61. The molecule has 1 amide bonds. The number of rotatable bonds is 3. The minimum atomic E-state index is -0.855. The zero-order valence-electron chi connectivity index (χ0n) is 8.23. The van der Waals surface area contributed by atoms with E-state index >= 15 is 0 Å². The molecule has 2 N–H and O–H groups in total. The lowest BCUT2D eigenvalue weighted by Crippen LogP contribution is -2.16. The molecule has 0 fully saturated rings. The predicted molar refractivity (Wildman–Crippen MR) is 52.6 cm³/mol. The highest BCUT2D eigenvalue weighted by atomic mass is 16.7. The molecule has 0 saturated carbocycles. The Morgan fingerprint density at radius 1 is 1.33 bits per heavy atom. The lowest BCUT2D eigenvalue weighted by molar-refractivity contribution is 0.0978. The van der Waals surface area contributed by atoms with E-state index in [2.05, 4.69) is 4.74 Å². The van der Waals surface area contributed by atoms with E-state index in [1.165, 1.54) is 12.1 Å². The fourth-order valence-electron chi connectivity index (χ4n) is 0.996. The summed E-state index contributed by atoms with van der Waals surface area (Å²) in [6.45, 7) is 1.86. The summed E-state index contributed by atoms with van der Waals surface area (Å²) in [5.41, 5.74) is 5.24. The van der Waals surface area contributed by atoms with Gasteiger partial charge < -0.3 is 15.2 Å². The first-order valence-electron chi connectivity index (χ1n) is 4.38. The van der Waals surface area contributed by atoms with Gasteiger partial charge in [0.1, 0.15) is 5.75 Å². The first kappa shape index (κ1) is 11.0. The number of hydrogen-bond acceptors (Lipinski definition) is 4. The number of para-hydroxylation sites is 1. The molecule has 0 aliphatic carbocycles. The summed E-state index contributed by atoms with van der Waals surface area (Å²) in [4.78, 5) is 21.9. The van der Waals surface area contributed by atoms with Gasteiger partial charge in [-0.25, -0.2) is 4.79 Å². The van der Waals surface area contributed by atoms with Crippen LogP contribution in [0.15, 0.2) is 24.3 Å². The van der Waals surface area contributed by atoms with E-state index in [9.17, 15) is 9.59 Å². The number of amides is 1. The second kappa shape index (κ2) is 4.99. The van der Waals surface area contributed by atoms with Crippen LogP contribution in [-0.4, -0.2) is 18.7 Å². The van der Waals surface area contributed by atoms with Crippen molar-refractivity contribution in [3.63, 3.8) is 0 Å². The van der Waals surface area contributed by atoms with Gasteiger partial charge in [0.2, 0.25) is 0 Å². The van der Waals surface area contributed by atoms with Gasteiger partial charge in [-0.2, -0.15) is 0 Å². The van der Waals surface area contributed by atoms with Crippen molar-refractivity contribution in [1.82, 2.24) is 0 Å². The van der Waals surface area contributed by atoms with E-state index < -0.39 is 12.1 Å². The summed E-state index contributed by atoms with van der Waals surface area (Å²) in [7, 11) is 0. The molecule has 0 unspecified atom stereocenters. The van der Waals surface area contributed by atoms with Gasteiger partial charge in [-0.1, -0.05) is 12.1 Å². The number of primary amides is 1. The zero-order chi connectivity index (χ0) is 11.3. The van der Waals surface area contributed by atoms with Gasteiger partial charge in [-0.3, -0.25) is 4.79 Å². The minimum absolute atomic E-state index is 0.100. The normalized spacial score (nSPS) is 9.40. The minimum Gasteiger partial charge on any atom is -0.434 e. The smallest absolute Gasteiger partial charge is 0.434 e. The van der Waals surface area contributed by atoms with Crippen molar-refractivity contribution in [3.8, 4) is 5.75 Å². The molecule has 0 radical (unpaired) electrons. The molecule has 0 spiro atoms. The second-order valence-electron chi connectivity index (χ2n) is 2.65. The average molecular weight is 209 g/mol. The summed E-state index contributed by atoms with van der Waals surface area (Å²) < 4.78 is 9.35. The SMILES string of the molecule is CCOC(=O)Oc1ccccc1C(N)=O. The first-order chi connectivity index (χ1) is 7.15. The lowest BCUT2D eigenvalue weighted by Gasteiger charge is -2.06. The van der Waals surface area contributed by atoms with Crippen LogP contribution in [0.25, 0.3) is 0 Å². The molecule has 80 valence electrons. The van der Waals surface area contributed by atoms with Crippen LogP contribution in [-0.2, 0) is 4.74 Å². The Kier molecular flexibility index (Phi) is 3.68. The van der Waals surface area contributed by atoms with Gasteiger partial charge in [0.15, 0.2) is 0 Å². The molecule has 1 aromatic rings. The largest absolute Gasteiger partial charge is 0.513 e. The van der Waals surface area contributed by atoms with Crippen LogP contribution in [0.5, 0.6) is 5.75 Å². The fourth-order valence-corrected chi connectivity index (χ4v) is 0.996. The molecule has 0 aliphatic rings. The number of carbonyl (C=O) groups excluding carboxylic acids is 2. The van der Waals surface area contributed by atoms with Crippen LogP contribution in [0.3, 0.4) is 0 Å². The molecule has 1 aromatic carbocycles. The Morgan fingerprint density at radius 3 is 2.60 bits per heavy atom. The van der Waals surface area contributed by atoms with Crippen LogP contribution < -0.4 is 10.5 Å². The van der Waals surface area contributed by atoms with Crippen molar-refractivity contribution in [2.75, 3.05) is 6.61 Å². The van der Waals surface area contributed by atoms with Gasteiger partial charge >= 0.3 is 6.16 Å². The van der Waals surface area contributed by atoms with E-state index in [0.717, 1.165) is 0 Å². The average Bonchev–Trinajstić information content (AvgIpc) is 2.18. The number of nitrogens with two attached hydrogens (primary N) is 1. The number of ether oxygens (including phenoxy) is 2. The Morgan fingerprint density at radius 2 is 2.00 bits per heavy atom. The summed E-state index contributed by atoms with van der Waals surface area (Å²) in [6.07, 6.45) is -0.855. The molecule has 15 heavy (non-hydrogen) atoms. The van der Waals surface area contributed by atoms with Crippen molar-refractivity contribution in [3.05, 3.63) is 29.8 Å². The van der Waals surface area contributed by atoms with Gasteiger partial charge in [0.05, 0.1) is 12.2 Å². The van der Waals surface area contributed by atoms with E-state index in [1.807, 2.05) is 0 Å². The molecular formula is C10H11NO4. The van der Waals surface area contributed by atoms with Crippen molar-refractivity contribution in [1.29, 1.82) is 0 Å². The van der Waals surface area contributed by atoms with Crippen LogP contribution in [0, 0.1) is 0 Å². The van der Waals surface area contributed by atoms with Gasteiger partial charge in [0, 0.05) is 0 Å². The predicted octanol–water partition coefficient (Wildman–Crippen LogP) is 1.32. The molecule has 5 nitrogen and oxygen atoms in total. The quantitative estimate of drug-likeness (QED) is 0.601. The molecular weight excluding hydrogens is 198 g/mol. The maximum Gasteiger partial charge on any atom is 0.513 e. The summed E-state index contributed by atoms with van der Waals surface area (Å²) in [6, 6.07) is 6.19. The Labute approximate surface area is 86.8 Å². The van der Waals surface area contributed by atoms with Crippen molar-refractivity contribution < 1.29 is 19.1 Å². The van der Waals surface area contributed by atoms with E-state index in [-0.39, 0.29) is 17.9 Å². The van der Waals surface area contributed by atoms with Crippen LogP contribution in [0.1, 0.15) is 17.3 Å². The molecule has 0 atom stereocenters. The van der Waals surface area contributed by atoms with Crippen LogP contribution in [0.2, 0.25) is 0 Å². The van der Waals surface area contributed by atoms with Gasteiger partial charge in [-0.05, 0) is 19.1 Å². The standard InChI is InChI=1S/C10H11NO4/c1-2-14-10(13)15-8-6-4-3-5-7(8)9(11)12/h3-6H,2H2,1H3,(H2,11,12). The first-order valence-corrected chi connectivity index (χ1v) is 4.38. The monoisotopic (exact) mass is 209 g/mol. The summed E-state index contributed by atoms with van der Waals surface area (Å²) in [5.74, 6) is -0.557. The highest BCUT2D eigenvalue weighted by Gasteiger charge is 2.12. The van der Waals surface area contributed by atoms with Crippen molar-refractivity contribution in [2.24, 2.45) is 5.73 Å².